The van der Waals surface area contributed by atoms with E-state index in [1.807, 2.05) is 12.1 Å². The first kappa shape index (κ1) is 23.8. The van der Waals surface area contributed by atoms with Crippen molar-refractivity contribution >= 4 is 15.7 Å². The summed E-state index contributed by atoms with van der Waals surface area (Å²) < 4.78 is 43.7. The Morgan fingerprint density at radius 2 is 1.62 bits per heavy atom. The van der Waals surface area contributed by atoms with Crippen LogP contribution in [0.3, 0.4) is 0 Å². The zero-order chi connectivity index (χ0) is 23.5. The average Bonchev–Trinajstić information content (AvgIpc) is 2.78. The van der Waals surface area contributed by atoms with Crippen molar-refractivity contribution in [2.75, 3.05) is 47.5 Å². The van der Waals surface area contributed by atoms with Gasteiger partial charge in [0.1, 0.15) is 0 Å². The Balaban J connectivity index is 1.73. The molecule has 10 nitrogen and oxygen atoms in total. The summed E-state index contributed by atoms with van der Waals surface area (Å²) in [7, 11) is 0.839. The first-order valence-electron chi connectivity index (χ1n) is 9.98. The van der Waals surface area contributed by atoms with Crippen LogP contribution in [0, 0.1) is 17.0 Å². The highest BCUT2D eigenvalue weighted by atomic mass is 32.2. The van der Waals surface area contributed by atoms with Crippen molar-refractivity contribution in [1.82, 2.24) is 9.21 Å². The van der Waals surface area contributed by atoms with Crippen molar-refractivity contribution in [3.63, 3.8) is 0 Å². The number of benzene rings is 2. The third kappa shape index (κ3) is 4.64. The highest BCUT2D eigenvalue weighted by Gasteiger charge is 2.30. The fourth-order valence-corrected chi connectivity index (χ4v) is 5.19. The van der Waals surface area contributed by atoms with Crippen molar-refractivity contribution in [2.24, 2.45) is 0 Å². The van der Waals surface area contributed by atoms with Crippen LogP contribution in [-0.2, 0) is 16.6 Å². The minimum atomic E-state index is -3.82. The lowest BCUT2D eigenvalue weighted by molar-refractivity contribution is -0.385. The molecule has 0 saturated carbocycles. The van der Waals surface area contributed by atoms with E-state index in [9.17, 15) is 18.5 Å². The molecule has 1 saturated heterocycles. The van der Waals surface area contributed by atoms with Crippen molar-refractivity contribution in [1.29, 1.82) is 0 Å². The molecule has 1 heterocycles. The minimum absolute atomic E-state index is 0.0650. The summed E-state index contributed by atoms with van der Waals surface area (Å²) in [5.41, 5.74) is 1.11. The summed E-state index contributed by atoms with van der Waals surface area (Å²) in [6, 6.07) is 7.71. The van der Waals surface area contributed by atoms with Crippen molar-refractivity contribution in [3.05, 3.63) is 51.6 Å². The summed E-state index contributed by atoms with van der Waals surface area (Å²) in [5, 5.41) is 11.2. The summed E-state index contributed by atoms with van der Waals surface area (Å²) in [6.45, 7) is 3.69. The van der Waals surface area contributed by atoms with E-state index < -0.39 is 14.9 Å². The molecular weight excluding hydrogens is 438 g/mol. The first-order valence-corrected chi connectivity index (χ1v) is 11.4. The Labute approximate surface area is 187 Å². The molecule has 11 heteroatoms. The van der Waals surface area contributed by atoms with E-state index in [0.717, 1.165) is 11.6 Å². The molecule has 0 radical (unpaired) electrons. The molecule has 0 aromatic heterocycles. The molecule has 0 bridgehead atoms. The molecule has 3 rings (SSSR count). The standard InChI is InChI=1S/C21H27N3O7S/c1-15-5-7-17(13-18(15)24(25)26)32(27,28)23-11-9-22(10-12-23)14-16-6-8-19(29-2)21(31-4)20(16)30-3/h5-8,13H,9-12,14H2,1-4H3. The highest BCUT2D eigenvalue weighted by molar-refractivity contribution is 7.89. The van der Waals surface area contributed by atoms with Crippen LogP contribution < -0.4 is 14.2 Å². The van der Waals surface area contributed by atoms with Gasteiger partial charge in [-0.25, -0.2) is 8.42 Å². The fraction of sp³-hybridized carbons (Fsp3) is 0.429. The molecule has 1 aliphatic rings. The zero-order valence-electron chi connectivity index (χ0n) is 18.5. The van der Waals surface area contributed by atoms with Gasteiger partial charge in [-0.15, -0.1) is 0 Å². The third-order valence-electron chi connectivity index (χ3n) is 5.53. The largest absolute Gasteiger partial charge is 0.493 e. The van der Waals surface area contributed by atoms with Gasteiger partial charge in [-0.3, -0.25) is 15.0 Å². The lowest BCUT2D eigenvalue weighted by Crippen LogP contribution is -2.48. The predicted molar refractivity (Wildman–Crippen MR) is 118 cm³/mol. The Hall–Kier alpha value is -2.89. The maximum atomic E-state index is 13.0. The van der Waals surface area contributed by atoms with Crippen LogP contribution in [0.5, 0.6) is 17.2 Å². The van der Waals surface area contributed by atoms with Crippen LogP contribution in [0.25, 0.3) is 0 Å². The number of nitro benzene ring substituents is 1. The predicted octanol–water partition coefficient (Wildman–Crippen LogP) is 2.44. The summed E-state index contributed by atoms with van der Waals surface area (Å²) in [5.74, 6) is 1.65. The molecule has 0 atom stereocenters. The number of methoxy groups -OCH3 is 3. The molecule has 1 fully saturated rings. The molecule has 1 aliphatic heterocycles. The number of hydrogen-bond donors (Lipinski definition) is 0. The van der Waals surface area contributed by atoms with Crippen LogP contribution in [-0.4, -0.2) is 70.1 Å². The van der Waals surface area contributed by atoms with Gasteiger partial charge >= 0.3 is 0 Å². The zero-order valence-corrected chi connectivity index (χ0v) is 19.3. The van der Waals surface area contributed by atoms with Crippen molar-refractivity contribution in [3.8, 4) is 17.2 Å². The van der Waals surface area contributed by atoms with Gasteiger partial charge in [-0.2, -0.15) is 4.31 Å². The summed E-state index contributed by atoms with van der Waals surface area (Å²) in [4.78, 5) is 12.7. The number of nitrogens with zero attached hydrogens (tertiary/aromatic N) is 3. The van der Waals surface area contributed by atoms with Gasteiger partial charge in [0.2, 0.25) is 15.8 Å². The van der Waals surface area contributed by atoms with E-state index in [1.54, 1.807) is 28.3 Å². The molecule has 0 unspecified atom stereocenters. The average molecular weight is 466 g/mol. The fourth-order valence-electron chi connectivity index (χ4n) is 3.75. The molecule has 2 aromatic rings. The molecular formula is C21H27N3O7S. The number of piperazine rings is 1. The van der Waals surface area contributed by atoms with Crippen LogP contribution in [0.2, 0.25) is 0 Å². The molecule has 174 valence electrons. The summed E-state index contributed by atoms with van der Waals surface area (Å²) >= 11 is 0. The number of rotatable bonds is 8. The number of aryl methyl sites for hydroxylation is 1. The first-order chi connectivity index (χ1) is 15.2. The Morgan fingerprint density at radius 1 is 0.969 bits per heavy atom. The molecule has 0 N–H and O–H groups in total. The van der Waals surface area contributed by atoms with Gasteiger partial charge in [0, 0.05) is 49.9 Å². The number of hydrogen-bond acceptors (Lipinski definition) is 8. The number of nitro groups is 1. The Bertz CT molecular complexity index is 1100. The quantitative estimate of drug-likeness (QED) is 0.432. The molecule has 2 aromatic carbocycles. The second-order valence-electron chi connectivity index (χ2n) is 7.38. The second-order valence-corrected chi connectivity index (χ2v) is 9.32. The van der Waals surface area contributed by atoms with Gasteiger partial charge < -0.3 is 14.2 Å². The van der Waals surface area contributed by atoms with Crippen LogP contribution >= 0.6 is 0 Å². The number of sulfonamides is 1. The molecule has 0 aliphatic carbocycles. The highest BCUT2D eigenvalue weighted by Crippen LogP contribution is 2.40. The van der Waals surface area contributed by atoms with Gasteiger partial charge in [-0.05, 0) is 19.1 Å². The normalized spacial score (nSPS) is 15.4. The third-order valence-corrected chi connectivity index (χ3v) is 7.42. The van der Waals surface area contributed by atoms with Gasteiger partial charge in [0.15, 0.2) is 11.5 Å². The van der Waals surface area contributed by atoms with E-state index in [2.05, 4.69) is 4.90 Å². The second kappa shape index (κ2) is 9.72. The van der Waals surface area contributed by atoms with E-state index in [0.29, 0.717) is 42.4 Å². The van der Waals surface area contributed by atoms with Gasteiger partial charge in [0.25, 0.3) is 5.69 Å². The molecule has 32 heavy (non-hydrogen) atoms. The number of ether oxygens (including phenoxy) is 3. The molecule has 0 spiro atoms. The molecule has 0 amide bonds. The summed E-state index contributed by atoms with van der Waals surface area (Å²) in [6.07, 6.45) is 0. The van der Waals surface area contributed by atoms with E-state index >= 15 is 0 Å². The lowest BCUT2D eigenvalue weighted by Gasteiger charge is -2.34. The maximum absolute atomic E-state index is 13.0. The van der Waals surface area contributed by atoms with E-state index in [1.165, 1.54) is 16.4 Å². The lowest BCUT2D eigenvalue weighted by atomic mass is 10.1. The minimum Gasteiger partial charge on any atom is -0.493 e. The smallest absolute Gasteiger partial charge is 0.273 e. The van der Waals surface area contributed by atoms with Gasteiger partial charge in [0.05, 0.1) is 31.1 Å². The van der Waals surface area contributed by atoms with Crippen LogP contribution in [0.15, 0.2) is 35.2 Å². The Kier molecular flexibility index (Phi) is 7.22. The van der Waals surface area contributed by atoms with E-state index in [-0.39, 0.29) is 23.7 Å². The monoisotopic (exact) mass is 465 g/mol. The van der Waals surface area contributed by atoms with Crippen molar-refractivity contribution in [2.45, 2.75) is 18.4 Å². The Morgan fingerprint density at radius 3 is 2.19 bits per heavy atom. The maximum Gasteiger partial charge on any atom is 0.273 e. The van der Waals surface area contributed by atoms with Crippen LogP contribution in [0.4, 0.5) is 5.69 Å². The van der Waals surface area contributed by atoms with Crippen molar-refractivity contribution < 1.29 is 27.6 Å². The van der Waals surface area contributed by atoms with E-state index in [4.69, 9.17) is 14.2 Å². The topological polar surface area (TPSA) is 111 Å². The van der Waals surface area contributed by atoms with Crippen LogP contribution in [0.1, 0.15) is 11.1 Å². The van der Waals surface area contributed by atoms with Gasteiger partial charge in [-0.1, -0.05) is 12.1 Å². The SMILES string of the molecule is COc1ccc(CN2CCN(S(=O)(=O)c3ccc(C)c([N+](=O)[O-])c3)CC2)c(OC)c1OC.